The smallest absolute Gasteiger partial charge is 0.252 e. The first kappa shape index (κ1) is 24.1. The minimum Gasteiger partial charge on any atom is -0.476 e. The number of carbonyl (C=O) groups is 2. The standard InChI is InChI=1S/C24H23ClFN3O4/c1-15(7-6-12-32-22-10-4-5-11-28-22)33-21-14-20(19(26)13-18(21)25)29-24(31)17-9-3-2-8-16(17)23(27)30/h4-5,10-11,13-15H,2-3,8-9,12H2,1H3,(H2,27,30)(H,29,31). The van der Waals surface area contributed by atoms with Crippen LogP contribution in [-0.2, 0) is 9.59 Å². The number of carbonyl (C=O) groups excluding carboxylic acids is 2. The van der Waals surface area contributed by atoms with E-state index in [0.717, 1.165) is 18.9 Å². The molecule has 0 bridgehead atoms. The number of benzene rings is 1. The average Bonchev–Trinajstić information content (AvgIpc) is 2.80. The summed E-state index contributed by atoms with van der Waals surface area (Å²) in [5.74, 6) is 4.32. The van der Waals surface area contributed by atoms with Gasteiger partial charge in [0.1, 0.15) is 11.6 Å². The van der Waals surface area contributed by atoms with Gasteiger partial charge in [0.2, 0.25) is 11.8 Å². The Kier molecular flexibility index (Phi) is 8.28. The summed E-state index contributed by atoms with van der Waals surface area (Å²) in [7, 11) is 0. The maximum Gasteiger partial charge on any atom is 0.252 e. The van der Waals surface area contributed by atoms with Crippen molar-refractivity contribution in [1.82, 2.24) is 4.98 Å². The molecule has 1 aliphatic carbocycles. The minimum atomic E-state index is -0.736. The van der Waals surface area contributed by atoms with E-state index in [1.54, 1.807) is 31.3 Å². The molecule has 9 heteroatoms. The summed E-state index contributed by atoms with van der Waals surface area (Å²) in [4.78, 5) is 28.4. The van der Waals surface area contributed by atoms with Crippen LogP contribution in [0.2, 0.25) is 5.02 Å². The Bertz CT molecular complexity index is 1130. The molecule has 1 atom stereocenters. The zero-order valence-electron chi connectivity index (χ0n) is 18.0. The molecule has 0 fully saturated rings. The number of nitrogens with zero attached hydrogens (tertiary/aromatic N) is 1. The van der Waals surface area contributed by atoms with Gasteiger partial charge in [-0.3, -0.25) is 9.59 Å². The molecule has 2 amide bonds. The Hall–Kier alpha value is -3.57. The SMILES string of the molecule is CC(C#CCOc1ccccn1)Oc1cc(NC(=O)C2=C(C(N)=O)CCCC2)c(F)cc1Cl. The van der Waals surface area contributed by atoms with E-state index in [2.05, 4.69) is 22.1 Å². The number of rotatable bonds is 7. The molecule has 1 unspecified atom stereocenters. The minimum absolute atomic E-state index is 0.0265. The van der Waals surface area contributed by atoms with E-state index >= 15 is 0 Å². The number of pyridine rings is 1. The van der Waals surface area contributed by atoms with Gasteiger partial charge in [-0.2, -0.15) is 0 Å². The van der Waals surface area contributed by atoms with Gasteiger partial charge in [-0.1, -0.05) is 29.5 Å². The van der Waals surface area contributed by atoms with Crippen LogP contribution in [0.5, 0.6) is 11.6 Å². The summed E-state index contributed by atoms with van der Waals surface area (Å²) in [5, 5.41) is 2.52. The van der Waals surface area contributed by atoms with Gasteiger partial charge in [-0.25, -0.2) is 9.37 Å². The van der Waals surface area contributed by atoms with Crippen molar-refractivity contribution >= 4 is 29.1 Å². The molecule has 33 heavy (non-hydrogen) atoms. The van der Waals surface area contributed by atoms with Gasteiger partial charge in [0, 0.05) is 29.5 Å². The summed E-state index contributed by atoms with van der Waals surface area (Å²) >= 11 is 6.11. The molecular weight excluding hydrogens is 449 g/mol. The zero-order valence-corrected chi connectivity index (χ0v) is 18.7. The predicted molar refractivity (Wildman–Crippen MR) is 122 cm³/mol. The Morgan fingerprint density at radius 3 is 2.73 bits per heavy atom. The third-order valence-corrected chi connectivity index (χ3v) is 5.14. The van der Waals surface area contributed by atoms with Gasteiger partial charge in [0.15, 0.2) is 12.7 Å². The van der Waals surface area contributed by atoms with Crippen molar-refractivity contribution in [3.8, 4) is 23.5 Å². The topological polar surface area (TPSA) is 104 Å². The van der Waals surface area contributed by atoms with Gasteiger partial charge in [0.05, 0.1) is 10.7 Å². The Labute approximate surface area is 196 Å². The fourth-order valence-corrected chi connectivity index (χ4v) is 3.48. The molecule has 1 aliphatic rings. The van der Waals surface area contributed by atoms with Crippen LogP contribution in [0.3, 0.4) is 0 Å². The lowest BCUT2D eigenvalue weighted by molar-refractivity contribution is -0.116. The highest BCUT2D eigenvalue weighted by atomic mass is 35.5. The van der Waals surface area contributed by atoms with Gasteiger partial charge in [0.25, 0.3) is 5.91 Å². The lowest BCUT2D eigenvalue weighted by atomic mass is 9.90. The van der Waals surface area contributed by atoms with Crippen LogP contribution < -0.4 is 20.5 Å². The van der Waals surface area contributed by atoms with Crippen molar-refractivity contribution in [2.24, 2.45) is 5.73 Å². The number of nitrogens with two attached hydrogens (primary N) is 1. The molecule has 1 heterocycles. The number of ether oxygens (including phenoxy) is 2. The molecular formula is C24H23ClFN3O4. The second-order valence-corrected chi connectivity index (χ2v) is 7.69. The summed E-state index contributed by atoms with van der Waals surface area (Å²) in [5.41, 5.74) is 5.82. The number of nitrogens with one attached hydrogen (secondary N) is 1. The lowest BCUT2D eigenvalue weighted by Gasteiger charge is -2.18. The van der Waals surface area contributed by atoms with E-state index in [4.69, 9.17) is 26.8 Å². The van der Waals surface area contributed by atoms with E-state index in [1.165, 1.54) is 6.07 Å². The summed E-state index contributed by atoms with van der Waals surface area (Å²) in [6.07, 6.45) is 3.36. The summed E-state index contributed by atoms with van der Waals surface area (Å²) in [6.45, 7) is 1.80. The second kappa shape index (κ2) is 11.3. The molecule has 0 radical (unpaired) electrons. The van der Waals surface area contributed by atoms with E-state index in [-0.39, 0.29) is 34.2 Å². The molecule has 7 nitrogen and oxygen atoms in total. The maximum absolute atomic E-state index is 14.4. The first-order valence-corrected chi connectivity index (χ1v) is 10.7. The monoisotopic (exact) mass is 471 g/mol. The van der Waals surface area contributed by atoms with Gasteiger partial charge < -0.3 is 20.5 Å². The first-order valence-electron chi connectivity index (χ1n) is 10.4. The van der Waals surface area contributed by atoms with Crippen LogP contribution in [-0.4, -0.2) is 29.5 Å². The Morgan fingerprint density at radius 1 is 1.27 bits per heavy atom. The third kappa shape index (κ3) is 6.70. The number of primary amides is 1. The van der Waals surface area contributed by atoms with Crippen molar-refractivity contribution in [3.63, 3.8) is 0 Å². The molecule has 0 spiro atoms. The van der Waals surface area contributed by atoms with Crippen LogP contribution in [0.15, 0.2) is 47.7 Å². The fraction of sp³-hybridized carbons (Fsp3) is 0.292. The van der Waals surface area contributed by atoms with E-state index in [9.17, 15) is 14.0 Å². The predicted octanol–water partition coefficient (Wildman–Crippen LogP) is 4.02. The van der Waals surface area contributed by atoms with Crippen LogP contribution in [0, 0.1) is 17.7 Å². The van der Waals surface area contributed by atoms with Crippen LogP contribution >= 0.6 is 11.6 Å². The van der Waals surface area contributed by atoms with Crippen molar-refractivity contribution in [3.05, 3.63) is 58.5 Å². The molecule has 172 valence electrons. The average molecular weight is 472 g/mol. The Morgan fingerprint density at radius 2 is 2.03 bits per heavy atom. The molecule has 0 saturated carbocycles. The molecule has 3 rings (SSSR count). The summed E-state index contributed by atoms with van der Waals surface area (Å²) < 4.78 is 25.5. The molecule has 1 aromatic carbocycles. The molecule has 3 N–H and O–H groups in total. The third-order valence-electron chi connectivity index (χ3n) is 4.85. The molecule has 2 aromatic rings. The van der Waals surface area contributed by atoms with Gasteiger partial charge >= 0.3 is 0 Å². The van der Waals surface area contributed by atoms with Gasteiger partial charge in [-0.05, 0) is 44.7 Å². The number of anilines is 1. The Balaban J connectivity index is 1.68. The van der Waals surface area contributed by atoms with Crippen molar-refractivity contribution in [2.75, 3.05) is 11.9 Å². The fourth-order valence-electron chi connectivity index (χ4n) is 3.29. The highest BCUT2D eigenvalue weighted by Crippen LogP contribution is 2.32. The molecule has 1 aromatic heterocycles. The molecule has 0 saturated heterocycles. The van der Waals surface area contributed by atoms with Crippen molar-refractivity contribution in [2.45, 2.75) is 38.7 Å². The molecule has 0 aliphatic heterocycles. The first-order chi connectivity index (χ1) is 15.8. The van der Waals surface area contributed by atoms with E-state index in [1.807, 2.05) is 0 Å². The van der Waals surface area contributed by atoms with Crippen molar-refractivity contribution < 1.29 is 23.5 Å². The van der Waals surface area contributed by atoms with E-state index < -0.39 is 23.7 Å². The highest BCUT2D eigenvalue weighted by Gasteiger charge is 2.23. The zero-order chi connectivity index (χ0) is 23.8. The quantitative estimate of drug-likeness (QED) is 0.593. The normalized spacial score (nSPS) is 14.0. The number of amides is 2. The number of halogens is 2. The van der Waals surface area contributed by atoms with E-state index in [0.29, 0.717) is 18.7 Å². The lowest BCUT2D eigenvalue weighted by Crippen LogP contribution is -2.25. The van der Waals surface area contributed by atoms with Gasteiger partial charge in [-0.15, -0.1) is 0 Å². The summed E-state index contributed by atoms with van der Waals surface area (Å²) in [6, 6.07) is 7.62. The second-order valence-electron chi connectivity index (χ2n) is 7.28. The van der Waals surface area contributed by atoms with Crippen LogP contribution in [0.4, 0.5) is 10.1 Å². The largest absolute Gasteiger partial charge is 0.476 e. The maximum atomic E-state index is 14.4. The number of hydrogen-bond acceptors (Lipinski definition) is 5. The van der Waals surface area contributed by atoms with Crippen LogP contribution in [0.1, 0.15) is 32.6 Å². The highest BCUT2D eigenvalue weighted by molar-refractivity contribution is 6.32. The number of hydrogen-bond donors (Lipinski definition) is 2. The van der Waals surface area contributed by atoms with Crippen molar-refractivity contribution in [1.29, 1.82) is 0 Å². The number of aromatic nitrogens is 1. The van der Waals surface area contributed by atoms with Crippen LogP contribution in [0.25, 0.3) is 0 Å².